The number of carbonyl (C=O) groups is 5. The number of hydrogen-bond acceptors (Lipinski definition) is 21. The number of thioether (sulfide) groups is 1. The lowest BCUT2D eigenvalue weighted by atomic mass is 9.52. The summed E-state index contributed by atoms with van der Waals surface area (Å²) in [5.74, 6) is 8.85. The summed E-state index contributed by atoms with van der Waals surface area (Å²) >= 11 is 1.89. The Morgan fingerprint density at radius 2 is 1.46 bits per heavy atom. The van der Waals surface area contributed by atoms with Crippen LogP contribution >= 0.6 is 11.8 Å². The number of imidazole rings is 1. The van der Waals surface area contributed by atoms with Gasteiger partial charge in [-0.15, -0.1) is 0 Å². The van der Waals surface area contributed by atoms with E-state index in [2.05, 4.69) is 105 Å². The second-order valence-corrected chi connectivity index (χ2v) is 30.3. The highest BCUT2D eigenvalue weighted by molar-refractivity contribution is 8.00. The number of nitrogens with zero attached hydrogens (tertiary/aromatic N) is 8. The van der Waals surface area contributed by atoms with E-state index >= 15 is 0 Å². The van der Waals surface area contributed by atoms with E-state index in [0.717, 1.165) is 66.7 Å². The van der Waals surface area contributed by atoms with Crippen molar-refractivity contribution in [3.8, 4) is 11.8 Å². The number of nitrogen functional groups attached to an aromatic ring is 1. The van der Waals surface area contributed by atoms with Crippen molar-refractivity contribution < 1.29 is 81.4 Å². The summed E-state index contributed by atoms with van der Waals surface area (Å²) in [5.41, 5.74) is 22.7. The van der Waals surface area contributed by atoms with Gasteiger partial charge in [-0.1, -0.05) is 116 Å². The quantitative estimate of drug-likeness (QED) is 0.00315. The number of para-hydroxylation sites is 1. The lowest BCUT2D eigenvalue weighted by Crippen LogP contribution is -2.43. The smallest absolute Gasteiger partial charge is 0.407 e. The van der Waals surface area contributed by atoms with E-state index in [4.69, 9.17) is 53.9 Å². The van der Waals surface area contributed by atoms with Gasteiger partial charge in [0.05, 0.1) is 123 Å². The molecule has 0 radical (unpaired) electrons. The summed E-state index contributed by atoms with van der Waals surface area (Å²) in [6.45, 7) is 19.0. The van der Waals surface area contributed by atoms with Crippen LogP contribution in [-0.4, -0.2) is 221 Å². The van der Waals surface area contributed by atoms with Gasteiger partial charge in [0.2, 0.25) is 29.7 Å². The van der Waals surface area contributed by atoms with Crippen molar-refractivity contribution in [2.45, 2.75) is 167 Å². The van der Waals surface area contributed by atoms with Crippen LogP contribution < -0.4 is 41.8 Å². The van der Waals surface area contributed by atoms with Gasteiger partial charge in [-0.25, -0.2) is 19.1 Å². The number of alkyl carbamates (subject to hydrolysis) is 1. The molecule has 596 valence electrons. The predicted molar refractivity (Wildman–Crippen MR) is 411 cm³/mol. The summed E-state index contributed by atoms with van der Waals surface area (Å²) in [5, 5.41) is 39.6. The van der Waals surface area contributed by atoms with Crippen molar-refractivity contribution in [2.75, 3.05) is 142 Å². The molecule has 6 aliphatic rings. The number of fused-ring (bicyclic) bond motifs is 5. The van der Waals surface area contributed by atoms with Crippen LogP contribution in [0.4, 0.5) is 21.1 Å². The number of aliphatic hydroxyl groups excluding tert-OH is 2. The van der Waals surface area contributed by atoms with Crippen LogP contribution in [0, 0.1) is 34.5 Å². The first kappa shape index (κ1) is 85.0. The van der Waals surface area contributed by atoms with E-state index in [-0.39, 0.29) is 93.5 Å². The Hall–Kier alpha value is -7.96. The number of rotatable bonds is 43. The lowest BCUT2D eigenvalue weighted by molar-refractivity contribution is -0.674. The largest absolute Gasteiger partial charge is 0.447 e. The van der Waals surface area contributed by atoms with Crippen LogP contribution in [0.3, 0.4) is 0 Å². The standard InChI is InChI=1S/C39H61N9O8.C39H51N5O8S/c1-26(10-13-39(5)27(2)8-9-28-29(39)7-6-12-38(28,3)4)11-16-47-24-44-35-31(34(47)40)43-25-48(35)36-33(50)32(49)30(56-36)23-55-37(51)42-14-17-52-19-21-54-22-20-53-18-15-45-46-41;45-35(12-6-5-11-34-38-32(28-53-34)42-39(48)43-38)41-18-20-50-22-24-52-26-25-51-23-21-49-19-16-36(46)40-17-15-37(47)44-27-31-9-2-1-7-29(31)13-14-30-8-3-4-10-33(30)44/h9,11,24-25,27,29-30,32-33,36,40,49-50H,6-8,10,12-23H2,1-5H3,(H,42,51);1-4,7-10,32,34,38H,5-6,11-12,15-28H2,(H,40,46)(H,41,45)(H2,42,43,48)/p+1/b26-11+;/t27-,29+,30+,32+,33+,36+,39+;/m0./s1. The normalized spacial score (nSPS) is 23.0. The zero-order valence-electron chi connectivity index (χ0n) is 63.8. The molecule has 1 saturated carbocycles. The summed E-state index contributed by atoms with van der Waals surface area (Å²) < 4.78 is 52.6. The number of benzene rings is 2. The Balaban J connectivity index is 0.000000252. The number of azide groups is 1. The predicted octanol–water partition coefficient (Wildman–Crippen LogP) is 7.27. The average Bonchev–Trinajstić information content (AvgIpc) is 1.72. The molecular formula is C78H113N14O16S+. The molecule has 2 aromatic carbocycles. The molecule has 109 heavy (non-hydrogen) atoms. The number of nitrogens with one attached hydrogen (secondary N) is 5. The van der Waals surface area contributed by atoms with Crippen molar-refractivity contribution in [3.63, 3.8) is 0 Å². The van der Waals surface area contributed by atoms with Gasteiger partial charge in [-0.2, -0.15) is 11.8 Å². The first-order valence-corrected chi connectivity index (χ1v) is 39.4. The third-order valence-corrected chi connectivity index (χ3v) is 22.6. The van der Waals surface area contributed by atoms with Crippen LogP contribution in [0.15, 0.2) is 89.6 Å². The fourth-order valence-electron chi connectivity index (χ4n) is 14.6. The molecule has 10 rings (SSSR count). The minimum atomic E-state index is -1.33. The highest BCUT2D eigenvalue weighted by atomic mass is 32.2. The number of nitrogens with two attached hydrogens (primary N) is 1. The molecule has 6 amide bonds. The molecule has 2 aliphatic carbocycles. The van der Waals surface area contributed by atoms with Gasteiger partial charge in [0.25, 0.3) is 5.82 Å². The molecule has 2 aromatic heterocycles. The summed E-state index contributed by atoms with van der Waals surface area (Å²) in [6, 6.07) is 15.8. The van der Waals surface area contributed by atoms with Gasteiger partial charge in [0.15, 0.2) is 11.7 Å². The number of hydrogen-bond donors (Lipinski definition) is 8. The minimum absolute atomic E-state index is 0.0276. The van der Waals surface area contributed by atoms with Crippen molar-refractivity contribution in [2.24, 2.45) is 27.8 Å². The van der Waals surface area contributed by atoms with Crippen molar-refractivity contribution in [3.05, 3.63) is 112 Å². The molecule has 3 unspecified atom stereocenters. The number of allylic oxidation sites excluding steroid dienone is 4. The third-order valence-electron chi connectivity index (χ3n) is 21.1. The Morgan fingerprint density at radius 3 is 2.19 bits per heavy atom. The molecule has 3 saturated heterocycles. The lowest BCUT2D eigenvalue weighted by Gasteiger charge is -2.53. The van der Waals surface area contributed by atoms with Gasteiger partial charge >= 0.3 is 12.1 Å². The molecule has 0 spiro atoms. The zero-order valence-corrected chi connectivity index (χ0v) is 64.7. The monoisotopic (exact) mass is 1530 g/mol. The molecule has 4 fully saturated rings. The maximum atomic E-state index is 13.3. The van der Waals surface area contributed by atoms with E-state index in [1.165, 1.54) is 35.7 Å². The number of carbonyl (C=O) groups excluding carboxylic acids is 5. The van der Waals surface area contributed by atoms with Gasteiger partial charge in [0, 0.05) is 72.5 Å². The van der Waals surface area contributed by atoms with Crippen LogP contribution in [-0.2, 0) is 70.1 Å². The summed E-state index contributed by atoms with van der Waals surface area (Å²) in [7, 11) is 0. The number of anilines is 2. The van der Waals surface area contributed by atoms with E-state index in [1.807, 2.05) is 64.9 Å². The molecule has 4 aromatic rings. The highest BCUT2D eigenvalue weighted by Gasteiger charge is 2.49. The average molecular weight is 1530 g/mol. The van der Waals surface area contributed by atoms with Gasteiger partial charge in [0.1, 0.15) is 31.2 Å². The molecule has 0 bridgehead atoms. The number of urea groups is 1. The summed E-state index contributed by atoms with van der Waals surface area (Å²) in [6.07, 6.45) is 13.3. The first-order chi connectivity index (χ1) is 52.8. The molecule has 31 heteroatoms. The van der Waals surface area contributed by atoms with Crippen molar-refractivity contribution >= 4 is 64.3 Å². The molecule has 4 aliphatic heterocycles. The van der Waals surface area contributed by atoms with Crippen molar-refractivity contribution in [1.29, 1.82) is 0 Å². The van der Waals surface area contributed by atoms with Gasteiger partial charge in [-0.05, 0) is 104 Å². The van der Waals surface area contributed by atoms with Gasteiger partial charge in [-0.3, -0.25) is 19.0 Å². The van der Waals surface area contributed by atoms with E-state index < -0.39 is 30.6 Å². The molecule has 10 atom stereocenters. The fourth-order valence-corrected chi connectivity index (χ4v) is 16.2. The SMILES string of the molecule is C/C(=C\C[n+]1cnc2c(ncn2[C@@H]2O[C@H](COC(=O)NCCOCCOCCOCCN=[N+]=[N-])[C@@H](O)[C@H]2O)c1N)CC[C@@]1(C)[C@@H]2CCCC(C)(C)C2=CC[C@@H]1C.O=C(CCCCC1SCC2NC(=O)NC21)NCCOCCOCCOCCOCCC(=O)NCCC(=O)N1Cc2ccccc2C#Cc2ccccc21. The maximum absolute atomic E-state index is 13.3. The first-order valence-electron chi connectivity index (χ1n) is 38.4. The minimum Gasteiger partial charge on any atom is -0.447 e. The Labute approximate surface area is 643 Å². The highest BCUT2D eigenvalue weighted by Crippen LogP contribution is 2.58. The van der Waals surface area contributed by atoms with Crippen LogP contribution in [0.5, 0.6) is 0 Å². The number of unbranched alkanes of at least 4 members (excludes halogenated alkanes) is 1. The van der Waals surface area contributed by atoms with Crippen molar-refractivity contribution in [1.82, 2.24) is 41.1 Å². The molecule has 9 N–H and O–H groups in total. The topological polar surface area (TPSA) is 382 Å². The molecular weight excluding hydrogens is 1420 g/mol. The van der Waals surface area contributed by atoms with Gasteiger partial charge < -0.3 is 90.1 Å². The van der Waals surface area contributed by atoms with Crippen LogP contribution in [0.1, 0.15) is 135 Å². The number of ether oxygens (including phenoxy) is 9. The fraction of sp³-hybridized carbons (Fsp3) is 0.641. The maximum Gasteiger partial charge on any atom is 0.407 e. The number of aromatic nitrogens is 4. The third kappa shape index (κ3) is 25.5. The Morgan fingerprint density at radius 1 is 0.807 bits per heavy atom. The second kappa shape index (κ2) is 44.2. The molecule has 30 nitrogen and oxygen atoms in total. The zero-order chi connectivity index (χ0) is 77.4. The van der Waals surface area contributed by atoms with E-state index in [0.29, 0.717) is 145 Å². The second-order valence-electron chi connectivity index (χ2n) is 29.1. The summed E-state index contributed by atoms with van der Waals surface area (Å²) in [4.78, 5) is 74.9. The Bertz CT molecular complexity index is 3790. The van der Waals surface area contributed by atoms with Crippen LogP contribution in [0.25, 0.3) is 21.6 Å². The van der Waals surface area contributed by atoms with Crippen LogP contribution in [0.2, 0.25) is 0 Å². The van der Waals surface area contributed by atoms with E-state index in [9.17, 15) is 34.2 Å². The number of aliphatic hydroxyl groups is 2. The Kier molecular flexibility index (Phi) is 34.5. The number of amides is 6. The molecule has 6 heterocycles. The van der Waals surface area contributed by atoms with E-state index in [1.54, 1.807) is 16.8 Å².